The summed E-state index contributed by atoms with van der Waals surface area (Å²) in [5.41, 5.74) is 10.1. The molecule has 0 saturated heterocycles. The summed E-state index contributed by atoms with van der Waals surface area (Å²) in [6, 6.07) is 21.5. The lowest BCUT2D eigenvalue weighted by molar-refractivity contribution is 0.232. The van der Waals surface area contributed by atoms with E-state index >= 15 is 0 Å². The van der Waals surface area contributed by atoms with Crippen molar-refractivity contribution in [2.45, 2.75) is 44.6 Å². The molecule has 0 spiro atoms. The van der Waals surface area contributed by atoms with Gasteiger partial charge in [0.1, 0.15) is 5.76 Å². The second-order valence-electron chi connectivity index (χ2n) is 7.33. The molecule has 1 atom stereocenters. The standard InChI is InChI=1S/C24H29NO/c1-3-26-23-16-17-24(2,25)18-21(23)14-15-22(19-10-6-4-7-11-19)20-12-8-5-9-13-20/h4-13,16-17,22H,3,14-15,18,25H2,1-2H3. The van der Waals surface area contributed by atoms with Crippen molar-refractivity contribution in [3.63, 3.8) is 0 Å². The molecule has 2 aromatic rings. The van der Waals surface area contributed by atoms with Gasteiger partial charge in [0.2, 0.25) is 0 Å². The predicted molar refractivity (Wildman–Crippen MR) is 109 cm³/mol. The fourth-order valence-corrected chi connectivity index (χ4v) is 3.72. The summed E-state index contributed by atoms with van der Waals surface area (Å²) in [4.78, 5) is 0. The molecule has 1 aliphatic rings. The van der Waals surface area contributed by atoms with Crippen molar-refractivity contribution in [1.82, 2.24) is 0 Å². The number of allylic oxidation sites excluding steroid dienone is 1. The van der Waals surface area contributed by atoms with Crippen LogP contribution in [-0.2, 0) is 4.74 Å². The van der Waals surface area contributed by atoms with Crippen LogP contribution in [0.4, 0.5) is 0 Å². The molecule has 0 radical (unpaired) electrons. The first-order valence-electron chi connectivity index (χ1n) is 9.52. The van der Waals surface area contributed by atoms with Crippen molar-refractivity contribution in [3.8, 4) is 0 Å². The molecule has 0 bridgehead atoms. The van der Waals surface area contributed by atoms with Gasteiger partial charge in [-0.25, -0.2) is 0 Å². The highest BCUT2D eigenvalue weighted by atomic mass is 16.5. The molecule has 2 heteroatoms. The first kappa shape index (κ1) is 18.5. The van der Waals surface area contributed by atoms with Crippen LogP contribution < -0.4 is 5.73 Å². The lowest BCUT2D eigenvalue weighted by Gasteiger charge is -2.29. The summed E-state index contributed by atoms with van der Waals surface area (Å²) >= 11 is 0. The fourth-order valence-electron chi connectivity index (χ4n) is 3.72. The van der Waals surface area contributed by atoms with E-state index in [2.05, 4.69) is 79.7 Å². The maximum atomic E-state index is 6.38. The summed E-state index contributed by atoms with van der Waals surface area (Å²) in [7, 11) is 0. The van der Waals surface area contributed by atoms with Crippen LogP contribution in [0.25, 0.3) is 0 Å². The zero-order valence-electron chi connectivity index (χ0n) is 15.8. The fraction of sp³-hybridized carbons (Fsp3) is 0.333. The van der Waals surface area contributed by atoms with E-state index in [-0.39, 0.29) is 5.54 Å². The van der Waals surface area contributed by atoms with Crippen LogP contribution in [0.15, 0.2) is 84.1 Å². The molecule has 2 aromatic carbocycles. The van der Waals surface area contributed by atoms with Crippen molar-refractivity contribution < 1.29 is 4.74 Å². The largest absolute Gasteiger partial charge is 0.494 e. The van der Waals surface area contributed by atoms with E-state index < -0.39 is 0 Å². The van der Waals surface area contributed by atoms with Gasteiger partial charge in [-0.05, 0) is 55.9 Å². The van der Waals surface area contributed by atoms with Crippen LogP contribution in [0, 0.1) is 0 Å². The number of nitrogens with two attached hydrogens (primary N) is 1. The van der Waals surface area contributed by atoms with Crippen LogP contribution in [-0.4, -0.2) is 12.1 Å². The Bertz CT molecular complexity index is 720. The Hall–Kier alpha value is -2.32. The van der Waals surface area contributed by atoms with Gasteiger partial charge in [-0.15, -0.1) is 0 Å². The third-order valence-electron chi connectivity index (χ3n) is 5.00. The third-order valence-corrected chi connectivity index (χ3v) is 5.00. The summed E-state index contributed by atoms with van der Waals surface area (Å²) < 4.78 is 5.87. The molecule has 0 amide bonds. The van der Waals surface area contributed by atoms with E-state index in [4.69, 9.17) is 10.5 Å². The van der Waals surface area contributed by atoms with Crippen LogP contribution in [0.3, 0.4) is 0 Å². The Morgan fingerprint density at radius 1 is 1.00 bits per heavy atom. The van der Waals surface area contributed by atoms with Crippen LogP contribution in [0.1, 0.15) is 50.2 Å². The van der Waals surface area contributed by atoms with Crippen molar-refractivity contribution in [1.29, 1.82) is 0 Å². The van der Waals surface area contributed by atoms with Gasteiger partial charge in [0.05, 0.1) is 6.61 Å². The van der Waals surface area contributed by atoms with Crippen molar-refractivity contribution in [2.24, 2.45) is 5.73 Å². The van der Waals surface area contributed by atoms with Gasteiger partial charge in [-0.2, -0.15) is 0 Å². The van der Waals surface area contributed by atoms with Crippen molar-refractivity contribution >= 4 is 0 Å². The van der Waals surface area contributed by atoms with Gasteiger partial charge in [-0.3, -0.25) is 0 Å². The van der Waals surface area contributed by atoms with Gasteiger partial charge < -0.3 is 10.5 Å². The van der Waals surface area contributed by atoms with Crippen molar-refractivity contribution in [3.05, 3.63) is 95.3 Å². The average molecular weight is 348 g/mol. The number of hydrogen-bond acceptors (Lipinski definition) is 2. The van der Waals surface area contributed by atoms with E-state index in [0.717, 1.165) is 25.0 Å². The third kappa shape index (κ3) is 4.64. The zero-order valence-corrected chi connectivity index (χ0v) is 15.8. The second-order valence-corrected chi connectivity index (χ2v) is 7.33. The van der Waals surface area contributed by atoms with Gasteiger partial charge in [0.15, 0.2) is 0 Å². The maximum Gasteiger partial charge on any atom is 0.118 e. The molecule has 136 valence electrons. The van der Waals surface area contributed by atoms with Gasteiger partial charge in [0, 0.05) is 11.5 Å². The highest BCUT2D eigenvalue weighted by Gasteiger charge is 2.25. The van der Waals surface area contributed by atoms with Gasteiger partial charge in [0.25, 0.3) is 0 Å². The molecular weight excluding hydrogens is 318 g/mol. The second kappa shape index (κ2) is 8.37. The highest BCUT2D eigenvalue weighted by molar-refractivity contribution is 5.35. The molecule has 3 rings (SSSR count). The summed E-state index contributed by atoms with van der Waals surface area (Å²) in [5.74, 6) is 1.39. The minimum absolute atomic E-state index is 0.287. The van der Waals surface area contributed by atoms with Crippen molar-refractivity contribution in [2.75, 3.05) is 6.61 Å². The van der Waals surface area contributed by atoms with Gasteiger partial charge >= 0.3 is 0 Å². The number of benzene rings is 2. The molecule has 2 N–H and O–H groups in total. The number of ether oxygens (including phenoxy) is 1. The Kier molecular flexibility index (Phi) is 5.95. The molecule has 26 heavy (non-hydrogen) atoms. The number of hydrogen-bond donors (Lipinski definition) is 1. The molecule has 1 aliphatic carbocycles. The average Bonchev–Trinajstić information content (AvgIpc) is 2.65. The molecule has 0 heterocycles. The zero-order chi connectivity index (χ0) is 18.4. The predicted octanol–water partition coefficient (Wildman–Crippen LogP) is 5.57. The Balaban J connectivity index is 1.84. The summed E-state index contributed by atoms with van der Waals surface area (Å²) in [6.07, 6.45) is 7.01. The Labute approximate surface area is 157 Å². The lowest BCUT2D eigenvalue weighted by atomic mass is 9.82. The first-order chi connectivity index (χ1) is 12.6. The van der Waals surface area contributed by atoms with E-state index in [0.29, 0.717) is 12.5 Å². The number of rotatable bonds is 7. The molecule has 2 nitrogen and oxygen atoms in total. The Morgan fingerprint density at radius 3 is 2.12 bits per heavy atom. The lowest BCUT2D eigenvalue weighted by Crippen LogP contribution is -2.36. The normalized spacial score (nSPS) is 19.8. The Morgan fingerprint density at radius 2 is 1.58 bits per heavy atom. The topological polar surface area (TPSA) is 35.2 Å². The smallest absolute Gasteiger partial charge is 0.118 e. The van der Waals surface area contributed by atoms with E-state index in [1.54, 1.807) is 0 Å². The van der Waals surface area contributed by atoms with E-state index in [9.17, 15) is 0 Å². The van der Waals surface area contributed by atoms with Crippen LogP contribution >= 0.6 is 0 Å². The minimum atomic E-state index is -0.287. The van der Waals surface area contributed by atoms with E-state index in [1.807, 2.05) is 6.92 Å². The highest BCUT2D eigenvalue weighted by Crippen LogP contribution is 2.35. The SMILES string of the molecule is CCOC1=C(CCC(c2ccccc2)c2ccccc2)CC(C)(N)C=C1. The molecule has 0 aromatic heterocycles. The first-order valence-corrected chi connectivity index (χ1v) is 9.52. The molecule has 0 aliphatic heterocycles. The molecule has 0 fully saturated rings. The van der Waals surface area contributed by atoms with Crippen LogP contribution in [0.5, 0.6) is 0 Å². The molecule has 0 saturated carbocycles. The summed E-state index contributed by atoms with van der Waals surface area (Å²) in [5, 5.41) is 0. The molecular formula is C24H29NO. The molecule has 1 unspecified atom stereocenters. The monoisotopic (exact) mass is 347 g/mol. The minimum Gasteiger partial charge on any atom is -0.494 e. The van der Waals surface area contributed by atoms with E-state index in [1.165, 1.54) is 16.7 Å². The quantitative estimate of drug-likeness (QED) is 0.711. The summed E-state index contributed by atoms with van der Waals surface area (Å²) in [6.45, 7) is 4.80. The maximum absolute atomic E-state index is 6.38. The van der Waals surface area contributed by atoms with Crippen LogP contribution in [0.2, 0.25) is 0 Å². The van der Waals surface area contributed by atoms with Gasteiger partial charge in [-0.1, -0.05) is 66.7 Å².